The number of nitrogens with zero attached hydrogens (tertiary/aromatic N) is 4. The number of hydrazone groups is 1. The molecule has 2 aromatic rings. The van der Waals surface area contributed by atoms with Crippen molar-refractivity contribution < 1.29 is 22.7 Å². The molecule has 1 heterocycles. The summed E-state index contributed by atoms with van der Waals surface area (Å²) in [4.78, 5) is 16.9. The predicted molar refractivity (Wildman–Crippen MR) is 142 cm³/mol. The van der Waals surface area contributed by atoms with Crippen LogP contribution in [0, 0.1) is 13.8 Å². The number of alkyl halides is 3. The van der Waals surface area contributed by atoms with Gasteiger partial charge in [0.2, 0.25) is 0 Å². The maximum atomic E-state index is 12.8. The molecule has 0 bridgehead atoms. The highest BCUT2D eigenvalue weighted by Gasteiger charge is 2.31. The molecule has 0 aliphatic carbocycles. The monoisotopic (exact) mass is 534 g/mol. The van der Waals surface area contributed by atoms with Crippen LogP contribution in [-0.2, 0) is 6.18 Å². The van der Waals surface area contributed by atoms with Gasteiger partial charge in [-0.25, -0.2) is 10.5 Å². The molecule has 2 aromatic carbocycles. The lowest BCUT2D eigenvalue weighted by molar-refractivity contribution is -0.137. The molecular weight excluding hydrogens is 497 g/mol. The fourth-order valence-electron chi connectivity index (χ4n) is 4.62. The smallest absolute Gasteiger partial charge is 0.416 e. The summed E-state index contributed by atoms with van der Waals surface area (Å²) in [6.45, 7) is 9.89. The second kappa shape index (κ2) is 13.0. The molecule has 1 amide bonds. The van der Waals surface area contributed by atoms with Gasteiger partial charge in [-0.05, 0) is 67.8 Å². The molecule has 3 rings (SSSR count). The fourth-order valence-corrected chi connectivity index (χ4v) is 4.62. The molecule has 0 spiro atoms. The van der Waals surface area contributed by atoms with Gasteiger partial charge in [-0.1, -0.05) is 6.07 Å². The molecule has 0 saturated carbocycles. The average Bonchev–Trinajstić information content (AvgIpc) is 2.91. The van der Waals surface area contributed by atoms with E-state index in [1.807, 2.05) is 6.07 Å². The maximum absolute atomic E-state index is 12.8. The Morgan fingerprint density at radius 2 is 1.79 bits per heavy atom. The van der Waals surface area contributed by atoms with Crippen LogP contribution < -0.4 is 15.9 Å². The quantitative estimate of drug-likeness (QED) is 0.208. The molecular formula is C27H37F3N6O2. The van der Waals surface area contributed by atoms with Crippen molar-refractivity contribution in [3.63, 3.8) is 0 Å². The molecule has 0 unspecified atom stereocenters. The van der Waals surface area contributed by atoms with Crippen molar-refractivity contribution in [2.45, 2.75) is 39.4 Å². The van der Waals surface area contributed by atoms with Gasteiger partial charge in [0.1, 0.15) is 12.1 Å². The molecule has 1 aliphatic heterocycles. The minimum atomic E-state index is -4.42. The minimum Gasteiger partial charge on any atom is -0.493 e. The Balaban J connectivity index is 1.55. The Morgan fingerprint density at radius 3 is 2.37 bits per heavy atom. The highest BCUT2D eigenvalue weighted by Crippen LogP contribution is 2.32. The first kappa shape index (κ1) is 29.2. The largest absolute Gasteiger partial charge is 0.493 e. The van der Waals surface area contributed by atoms with Crippen LogP contribution in [0.1, 0.15) is 52.0 Å². The van der Waals surface area contributed by atoms with E-state index in [-0.39, 0.29) is 17.5 Å². The van der Waals surface area contributed by atoms with Crippen LogP contribution in [-0.4, -0.2) is 73.5 Å². The zero-order valence-electron chi connectivity index (χ0n) is 22.4. The van der Waals surface area contributed by atoms with Crippen molar-refractivity contribution >= 4 is 12.2 Å². The van der Waals surface area contributed by atoms with E-state index >= 15 is 0 Å². The Hall–Kier alpha value is -3.31. The van der Waals surface area contributed by atoms with Gasteiger partial charge in [0.15, 0.2) is 0 Å². The summed E-state index contributed by atoms with van der Waals surface area (Å²) < 4.78 is 44.5. The van der Waals surface area contributed by atoms with Crippen LogP contribution in [0.15, 0.2) is 41.5 Å². The van der Waals surface area contributed by atoms with Gasteiger partial charge in [-0.3, -0.25) is 9.69 Å². The molecule has 0 radical (unpaired) electrons. The van der Waals surface area contributed by atoms with Crippen molar-refractivity contribution in [3.05, 3.63) is 64.2 Å². The van der Waals surface area contributed by atoms with Crippen molar-refractivity contribution in [2.75, 3.05) is 46.4 Å². The lowest BCUT2D eigenvalue weighted by atomic mass is 9.96. The highest BCUT2D eigenvalue weighted by molar-refractivity contribution is 5.94. The van der Waals surface area contributed by atoms with E-state index in [9.17, 15) is 18.0 Å². The molecule has 208 valence electrons. The zero-order valence-corrected chi connectivity index (χ0v) is 22.4. The lowest BCUT2D eigenvalue weighted by Gasteiger charge is -2.39. The van der Waals surface area contributed by atoms with Crippen LogP contribution in [0.2, 0.25) is 0 Å². The van der Waals surface area contributed by atoms with E-state index in [2.05, 4.69) is 42.3 Å². The molecule has 1 fully saturated rings. The summed E-state index contributed by atoms with van der Waals surface area (Å²) >= 11 is 0. The predicted octanol–water partition coefficient (Wildman–Crippen LogP) is 3.95. The molecule has 8 nitrogen and oxygen atoms in total. The summed E-state index contributed by atoms with van der Waals surface area (Å²) in [5, 5.41) is 5.63. The Kier molecular flexibility index (Phi) is 9.98. The first-order valence-corrected chi connectivity index (χ1v) is 12.7. The molecule has 1 atom stereocenters. The van der Waals surface area contributed by atoms with Crippen LogP contribution >= 0.6 is 0 Å². The number of piperazine rings is 1. The van der Waals surface area contributed by atoms with Crippen molar-refractivity contribution in [2.24, 2.45) is 10.8 Å². The number of amides is 1. The van der Waals surface area contributed by atoms with E-state index < -0.39 is 11.7 Å². The highest BCUT2D eigenvalue weighted by atomic mass is 19.4. The standard InChI is InChI=1S/C27H37F3N6O2/c1-19-20(2)25(38-17-5-12-36(32-4)33-18-31)11-10-24(19)21(3)34-13-15-35(16-14-34)26(37)22-6-8-23(9-7-22)27(28,29)30/h6-11,18,21,32H,5,12-17H2,1-4H3,(H2,31,33)/t21-/m1/s1. The molecule has 11 heteroatoms. The number of nitrogens with two attached hydrogens (primary N) is 1. The van der Waals surface area contributed by atoms with Crippen molar-refractivity contribution in [1.82, 2.24) is 20.3 Å². The normalized spacial score (nSPS) is 15.6. The third-order valence-corrected chi connectivity index (χ3v) is 7.07. The van der Waals surface area contributed by atoms with Crippen molar-refractivity contribution in [3.8, 4) is 5.75 Å². The van der Waals surface area contributed by atoms with Gasteiger partial charge in [0.05, 0.1) is 18.7 Å². The number of hydrogen-bond donors (Lipinski definition) is 2. The molecule has 38 heavy (non-hydrogen) atoms. The second-order valence-corrected chi connectivity index (χ2v) is 9.30. The average molecular weight is 535 g/mol. The van der Waals surface area contributed by atoms with E-state index in [4.69, 9.17) is 10.5 Å². The van der Waals surface area contributed by atoms with Gasteiger partial charge >= 0.3 is 6.18 Å². The van der Waals surface area contributed by atoms with Gasteiger partial charge in [-0.2, -0.15) is 18.3 Å². The van der Waals surface area contributed by atoms with Crippen LogP contribution in [0.3, 0.4) is 0 Å². The number of benzene rings is 2. The molecule has 1 saturated heterocycles. The Labute approximate surface area is 222 Å². The fraction of sp³-hybridized carbons (Fsp3) is 0.481. The van der Waals surface area contributed by atoms with Gasteiger partial charge in [0.25, 0.3) is 5.91 Å². The lowest BCUT2D eigenvalue weighted by Crippen LogP contribution is -2.49. The van der Waals surface area contributed by atoms with E-state index in [1.165, 1.54) is 29.6 Å². The van der Waals surface area contributed by atoms with Crippen molar-refractivity contribution in [1.29, 1.82) is 0 Å². The number of hydrogen-bond acceptors (Lipinski definition) is 6. The summed E-state index contributed by atoms with van der Waals surface area (Å²) in [7, 11) is 1.78. The van der Waals surface area contributed by atoms with Gasteiger partial charge in [-0.15, -0.1) is 0 Å². The number of nitrogens with one attached hydrogen (secondary N) is 1. The first-order valence-electron chi connectivity index (χ1n) is 12.7. The molecule has 3 N–H and O–H groups in total. The van der Waals surface area contributed by atoms with Crippen LogP contribution in [0.5, 0.6) is 5.75 Å². The first-order chi connectivity index (χ1) is 18.1. The number of rotatable bonds is 10. The Morgan fingerprint density at radius 1 is 1.13 bits per heavy atom. The summed E-state index contributed by atoms with van der Waals surface area (Å²) in [5.74, 6) is 0.607. The number of hydrazine groups is 1. The van der Waals surface area contributed by atoms with E-state index in [1.54, 1.807) is 17.1 Å². The minimum absolute atomic E-state index is 0.143. The topological polar surface area (TPSA) is 86.4 Å². The number of ether oxygens (including phenoxy) is 1. The summed E-state index contributed by atoms with van der Waals surface area (Å²) in [6, 6.07) is 8.66. The van der Waals surface area contributed by atoms with Gasteiger partial charge in [0, 0.05) is 51.3 Å². The third-order valence-electron chi connectivity index (χ3n) is 7.07. The van der Waals surface area contributed by atoms with E-state index in [0.717, 1.165) is 29.9 Å². The molecule has 1 aliphatic rings. The maximum Gasteiger partial charge on any atom is 0.416 e. The van der Waals surface area contributed by atoms with E-state index in [0.29, 0.717) is 39.3 Å². The zero-order chi connectivity index (χ0) is 27.9. The Bertz CT molecular complexity index is 1100. The summed E-state index contributed by atoms with van der Waals surface area (Å²) in [5.41, 5.74) is 11.2. The third kappa shape index (κ3) is 7.16. The van der Waals surface area contributed by atoms with Gasteiger partial charge < -0.3 is 15.4 Å². The SMILES string of the molecule is CNN(CCCOc1ccc([C@@H](C)N2CCN(C(=O)c3ccc(C(F)(F)F)cc3)CC2)c(C)c1C)/N=C\N. The number of halogens is 3. The number of carbonyl (C=O) groups is 1. The summed E-state index contributed by atoms with van der Waals surface area (Å²) in [6.07, 6.45) is -2.41. The number of carbonyl (C=O) groups excluding carboxylic acids is 1. The van der Waals surface area contributed by atoms with Crippen LogP contribution in [0.4, 0.5) is 13.2 Å². The molecule has 0 aromatic heterocycles. The second-order valence-electron chi connectivity index (χ2n) is 9.30. The van der Waals surface area contributed by atoms with Crippen LogP contribution in [0.25, 0.3) is 0 Å².